The van der Waals surface area contributed by atoms with E-state index in [1.54, 1.807) is 12.1 Å². The molecule has 0 aromatic heterocycles. The lowest BCUT2D eigenvalue weighted by Gasteiger charge is -2.21. The Bertz CT molecular complexity index is 682. The number of fused-ring (bicyclic) bond motifs is 1. The number of carbonyl (C=O) groups is 1. The molecule has 0 fully saturated rings. The smallest absolute Gasteiger partial charge is 0.322 e. The number of phenolic OH excluding ortho intramolecular Hbond substituents is 1. The number of urea groups is 1. The Kier molecular flexibility index (Phi) is 4.51. The van der Waals surface area contributed by atoms with Crippen LogP contribution in [0.4, 0.5) is 10.5 Å². The molecule has 0 spiro atoms. The summed E-state index contributed by atoms with van der Waals surface area (Å²) in [6, 6.07) is 15.4. The van der Waals surface area contributed by atoms with Crippen LogP contribution in [0, 0.1) is 0 Å². The molecule has 1 aliphatic rings. The van der Waals surface area contributed by atoms with Crippen LogP contribution in [0.2, 0.25) is 0 Å². The summed E-state index contributed by atoms with van der Waals surface area (Å²) in [6.45, 7) is 2.77. The summed E-state index contributed by atoms with van der Waals surface area (Å²) in [5, 5.41) is 12.4. The zero-order valence-corrected chi connectivity index (χ0v) is 13.3. The summed E-state index contributed by atoms with van der Waals surface area (Å²) in [7, 11) is 0. The predicted octanol–water partition coefficient (Wildman–Crippen LogP) is 3.49. The SMILES string of the molecule is CC(CCc1ccc(O)cc1)NC(=O)N1CCc2ccccc21. The Morgan fingerprint density at radius 2 is 1.96 bits per heavy atom. The molecule has 23 heavy (non-hydrogen) atoms. The topological polar surface area (TPSA) is 52.6 Å². The maximum atomic E-state index is 12.5. The van der Waals surface area contributed by atoms with Gasteiger partial charge in [-0.05, 0) is 55.5 Å². The van der Waals surface area contributed by atoms with E-state index in [-0.39, 0.29) is 17.8 Å². The molecule has 0 saturated heterocycles. The van der Waals surface area contributed by atoms with Crippen LogP contribution in [-0.2, 0) is 12.8 Å². The third-order valence-electron chi connectivity index (χ3n) is 4.30. The summed E-state index contributed by atoms with van der Waals surface area (Å²) in [4.78, 5) is 14.3. The highest BCUT2D eigenvalue weighted by Gasteiger charge is 2.24. The summed E-state index contributed by atoms with van der Waals surface area (Å²) in [5.41, 5.74) is 3.42. The quantitative estimate of drug-likeness (QED) is 0.908. The molecule has 0 radical (unpaired) electrons. The number of anilines is 1. The molecule has 1 atom stereocenters. The van der Waals surface area contributed by atoms with Gasteiger partial charge >= 0.3 is 6.03 Å². The third-order valence-corrected chi connectivity index (χ3v) is 4.30. The van der Waals surface area contributed by atoms with Crippen molar-refractivity contribution >= 4 is 11.7 Å². The Morgan fingerprint density at radius 1 is 1.22 bits per heavy atom. The Balaban J connectivity index is 1.53. The van der Waals surface area contributed by atoms with Crippen LogP contribution in [-0.4, -0.2) is 23.7 Å². The van der Waals surface area contributed by atoms with Crippen LogP contribution >= 0.6 is 0 Å². The van der Waals surface area contributed by atoms with E-state index in [1.165, 1.54) is 5.56 Å². The lowest BCUT2D eigenvalue weighted by Crippen LogP contribution is -2.43. The number of rotatable bonds is 4. The monoisotopic (exact) mass is 310 g/mol. The van der Waals surface area contributed by atoms with Crippen LogP contribution in [0.3, 0.4) is 0 Å². The van der Waals surface area contributed by atoms with Crippen molar-refractivity contribution < 1.29 is 9.90 Å². The van der Waals surface area contributed by atoms with Gasteiger partial charge in [0.2, 0.25) is 0 Å². The van der Waals surface area contributed by atoms with E-state index in [1.807, 2.05) is 42.2 Å². The number of nitrogens with zero attached hydrogens (tertiary/aromatic N) is 1. The highest BCUT2D eigenvalue weighted by atomic mass is 16.3. The molecule has 0 saturated carbocycles. The van der Waals surface area contributed by atoms with Gasteiger partial charge < -0.3 is 10.4 Å². The van der Waals surface area contributed by atoms with E-state index in [0.29, 0.717) is 0 Å². The summed E-state index contributed by atoms with van der Waals surface area (Å²) in [5.74, 6) is 0.280. The number of amides is 2. The Morgan fingerprint density at radius 3 is 2.74 bits per heavy atom. The molecule has 4 heteroatoms. The van der Waals surface area contributed by atoms with Gasteiger partial charge in [0.1, 0.15) is 5.75 Å². The lowest BCUT2D eigenvalue weighted by atomic mass is 10.1. The first-order chi connectivity index (χ1) is 11.1. The molecule has 1 unspecified atom stereocenters. The molecule has 2 aromatic rings. The minimum atomic E-state index is -0.0202. The van der Waals surface area contributed by atoms with E-state index in [4.69, 9.17) is 0 Å². The second-order valence-electron chi connectivity index (χ2n) is 6.09. The van der Waals surface area contributed by atoms with E-state index < -0.39 is 0 Å². The molecule has 1 heterocycles. The lowest BCUT2D eigenvalue weighted by molar-refractivity contribution is 0.243. The normalized spacial score (nSPS) is 14.4. The number of hydrogen-bond acceptors (Lipinski definition) is 2. The number of aromatic hydroxyl groups is 1. The van der Waals surface area contributed by atoms with Gasteiger partial charge in [0.25, 0.3) is 0 Å². The first-order valence-corrected chi connectivity index (χ1v) is 8.07. The average molecular weight is 310 g/mol. The third kappa shape index (κ3) is 3.65. The molecule has 4 nitrogen and oxygen atoms in total. The van der Waals surface area contributed by atoms with Gasteiger partial charge in [-0.2, -0.15) is 0 Å². The van der Waals surface area contributed by atoms with E-state index >= 15 is 0 Å². The molecule has 2 amide bonds. The molecular weight excluding hydrogens is 288 g/mol. The number of carbonyl (C=O) groups excluding carboxylic acids is 1. The van der Waals surface area contributed by atoms with Crippen molar-refractivity contribution in [3.63, 3.8) is 0 Å². The fourth-order valence-corrected chi connectivity index (χ4v) is 2.96. The van der Waals surface area contributed by atoms with Crippen LogP contribution in [0.25, 0.3) is 0 Å². The fourth-order valence-electron chi connectivity index (χ4n) is 2.96. The van der Waals surface area contributed by atoms with E-state index in [0.717, 1.165) is 37.1 Å². The molecule has 2 N–H and O–H groups in total. The standard InChI is InChI=1S/C19H22N2O2/c1-14(6-7-15-8-10-17(22)11-9-15)20-19(23)21-13-12-16-4-2-3-5-18(16)21/h2-5,8-11,14,22H,6-7,12-13H2,1H3,(H,20,23). The summed E-state index contributed by atoms with van der Waals surface area (Å²) >= 11 is 0. The van der Waals surface area contributed by atoms with E-state index in [2.05, 4.69) is 11.4 Å². The van der Waals surface area contributed by atoms with Crippen molar-refractivity contribution in [3.05, 3.63) is 59.7 Å². The van der Waals surface area contributed by atoms with Gasteiger partial charge in [-0.15, -0.1) is 0 Å². The molecule has 3 rings (SSSR count). The van der Waals surface area contributed by atoms with Crippen LogP contribution in [0.5, 0.6) is 5.75 Å². The van der Waals surface area contributed by atoms with Crippen molar-refractivity contribution in [2.75, 3.05) is 11.4 Å². The maximum absolute atomic E-state index is 12.5. The number of hydrogen-bond donors (Lipinski definition) is 2. The molecule has 0 aliphatic carbocycles. The van der Waals surface area contributed by atoms with Gasteiger partial charge in [0.05, 0.1) is 0 Å². The maximum Gasteiger partial charge on any atom is 0.322 e. The number of benzene rings is 2. The second kappa shape index (κ2) is 6.73. The molecule has 0 bridgehead atoms. The van der Waals surface area contributed by atoms with Gasteiger partial charge in [0.15, 0.2) is 0 Å². The molecular formula is C19H22N2O2. The van der Waals surface area contributed by atoms with Crippen molar-refractivity contribution in [2.45, 2.75) is 32.2 Å². The molecule has 120 valence electrons. The van der Waals surface area contributed by atoms with Gasteiger partial charge in [-0.3, -0.25) is 4.90 Å². The van der Waals surface area contributed by atoms with Crippen molar-refractivity contribution in [2.24, 2.45) is 0 Å². The van der Waals surface area contributed by atoms with Crippen LogP contribution in [0.15, 0.2) is 48.5 Å². The van der Waals surface area contributed by atoms with Gasteiger partial charge in [-0.1, -0.05) is 30.3 Å². The van der Waals surface area contributed by atoms with Crippen molar-refractivity contribution in [3.8, 4) is 5.75 Å². The second-order valence-corrected chi connectivity index (χ2v) is 6.09. The summed E-state index contributed by atoms with van der Waals surface area (Å²) in [6.07, 6.45) is 2.66. The first-order valence-electron chi connectivity index (χ1n) is 8.07. The zero-order valence-electron chi connectivity index (χ0n) is 13.3. The van der Waals surface area contributed by atoms with Crippen molar-refractivity contribution in [1.82, 2.24) is 5.32 Å². The van der Waals surface area contributed by atoms with Gasteiger partial charge in [0, 0.05) is 18.3 Å². The number of para-hydroxylation sites is 1. The minimum Gasteiger partial charge on any atom is -0.508 e. The average Bonchev–Trinajstić information content (AvgIpc) is 2.98. The number of phenols is 1. The van der Waals surface area contributed by atoms with Crippen molar-refractivity contribution in [1.29, 1.82) is 0 Å². The highest BCUT2D eigenvalue weighted by Crippen LogP contribution is 2.27. The van der Waals surface area contributed by atoms with Gasteiger partial charge in [-0.25, -0.2) is 4.79 Å². The fraction of sp³-hybridized carbons (Fsp3) is 0.316. The molecule has 1 aliphatic heterocycles. The molecule has 2 aromatic carbocycles. The predicted molar refractivity (Wildman–Crippen MR) is 91.9 cm³/mol. The van der Waals surface area contributed by atoms with E-state index in [9.17, 15) is 9.90 Å². The van der Waals surface area contributed by atoms with Crippen LogP contribution in [0.1, 0.15) is 24.5 Å². The highest BCUT2D eigenvalue weighted by molar-refractivity contribution is 5.94. The largest absolute Gasteiger partial charge is 0.508 e. The first kappa shape index (κ1) is 15.4. The summed E-state index contributed by atoms with van der Waals surface area (Å²) < 4.78 is 0. The zero-order chi connectivity index (χ0) is 16.2. The minimum absolute atomic E-state index is 0.0202. The number of aryl methyl sites for hydroxylation is 1. The number of nitrogens with one attached hydrogen (secondary N) is 1. The Hall–Kier alpha value is -2.49. The van der Waals surface area contributed by atoms with Crippen LogP contribution < -0.4 is 10.2 Å². The Labute approximate surface area is 136 Å².